The third kappa shape index (κ3) is 3.10. The predicted octanol–water partition coefficient (Wildman–Crippen LogP) is 4.21. The molecular weight excluding hydrogens is 326 g/mol. The zero-order valence-electron chi connectivity index (χ0n) is 15.2. The monoisotopic (exact) mass is 351 g/mol. The summed E-state index contributed by atoms with van der Waals surface area (Å²) in [6.45, 7) is 4.15. The Labute approximate surface area is 154 Å². The number of rotatable bonds is 6. The van der Waals surface area contributed by atoms with E-state index in [1.54, 1.807) is 0 Å². The number of nitrogens with one attached hydrogen (secondary N) is 1. The van der Waals surface area contributed by atoms with Crippen molar-refractivity contribution in [1.82, 2.24) is 5.32 Å². The highest BCUT2D eigenvalue weighted by molar-refractivity contribution is 6.23. The van der Waals surface area contributed by atoms with Crippen molar-refractivity contribution >= 4 is 5.78 Å². The molecule has 26 heavy (non-hydrogen) atoms. The lowest BCUT2D eigenvalue weighted by atomic mass is 10.0. The number of hydrogen-bond donors (Lipinski definition) is 1. The third-order valence-corrected chi connectivity index (χ3v) is 5.24. The third-order valence-electron chi connectivity index (χ3n) is 5.24. The Hall–Kier alpha value is -2.33. The van der Waals surface area contributed by atoms with E-state index in [-0.39, 0.29) is 5.78 Å². The second kappa shape index (κ2) is 7.50. The summed E-state index contributed by atoms with van der Waals surface area (Å²) in [6.07, 6.45) is 4.66. The van der Waals surface area contributed by atoms with E-state index in [9.17, 15) is 4.79 Å². The van der Waals surface area contributed by atoms with Crippen LogP contribution in [-0.4, -0.2) is 31.6 Å². The first kappa shape index (κ1) is 17.1. The van der Waals surface area contributed by atoms with Crippen molar-refractivity contribution in [3.05, 3.63) is 47.5 Å². The number of fused-ring (bicyclic) bond motifs is 3. The smallest absolute Gasteiger partial charge is 0.198 e. The molecule has 4 nitrogen and oxygen atoms in total. The van der Waals surface area contributed by atoms with Crippen molar-refractivity contribution < 1.29 is 14.3 Å². The van der Waals surface area contributed by atoms with Crippen molar-refractivity contribution in [1.29, 1.82) is 0 Å². The lowest BCUT2D eigenvalue weighted by Crippen LogP contribution is -2.35. The van der Waals surface area contributed by atoms with E-state index in [2.05, 4.69) is 5.32 Å². The molecule has 4 rings (SSSR count). The number of carbonyl (C=O) groups excluding carboxylic acids is 1. The SMILES string of the molecule is CCOc1ccc2c(c1OCCC1CCCCN1)C(=O)c1ccccc1-2. The Kier molecular flexibility index (Phi) is 4.93. The quantitative estimate of drug-likeness (QED) is 0.723. The first-order chi connectivity index (χ1) is 12.8. The summed E-state index contributed by atoms with van der Waals surface area (Å²) in [5, 5.41) is 3.54. The lowest BCUT2D eigenvalue weighted by molar-refractivity contribution is 0.103. The van der Waals surface area contributed by atoms with E-state index in [0.29, 0.717) is 36.3 Å². The minimum atomic E-state index is 0.0305. The van der Waals surface area contributed by atoms with E-state index in [0.717, 1.165) is 29.7 Å². The van der Waals surface area contributed by atoms with Gasteiger partial charge in [0.25, 0.3) is 0 Å². The molecule has 1 aliphatic carbocycles. The molecule has 2 aromatic rings. The van der Waals surface area contributed by atoms with Crippen LogP contribution in [0.25, 0.3) is 11.1 Å². The predicted molar refractivity (Wildman–Crippen MR) is 102 cm³/mol. The van der Waals surface area contributed by atoms with Crippen molar-refractivity contribution in [3.8, 4) is 22.6 Å². The minimum Gasteiger partial charge on any atom is -0.490 e. The molecule has 1 saturated heterocycles. The number of benzene rings is 2. The summed E-state index contributed by atoms with van der Waals surface area (Å²) >= 11 is 0. The summed E-state index contributed by atoms with van der Waals surface area (Å²) in [6, 6.07) is 12.1. The largest absolute Gasteiger partial charge is 0.490 e. The van der Waals surface area contributed by atoms with Crippen molar-refractivity contribution in [2.24, 2.45) is 0 Å². The molecule has 2 aliphatic rings. The Bertz CT molecular complexity index is 809. The van der Waals surface area contributed by atoms with Gasteiger partial charge in [-0.25, -0.2) is 0 Å². The fourth-order valence-corrected chi connectivity index (χ4v) is 3.95. The van der Waals surface area contributed by atoms with Gasteiger partial charge in [-0.05, 0) is 56.0 Å². The van der Waals surface area contributed by atoms with Crippen LogP contribution in [0.5, 0.6) is 11.5 Å². The molecule has 0 amide bonds. The van der Waals surface area contributed by atoms with Crippen molar-refractivity contribution in [2.75, 3.05) is 19.8 Å². The molecule has 1 heterocycles. The fourth-order valence-electron chi connectivity index (χ4n) is 3.95. The minimum absolute atomic E-state index is 0.0305. The maximum absolute atomic E-state index is 13.0. The van der Waals surface area contributed by atoms with Gasteiger partial charge in [-0.2, -0.15) is 0 Å². The molecule has 136 valence electrons. The first-order valence-electron chi connectivity index (χ1n) is 9.59. The molecular formula is C22H25NO3. The van der Waals surface area contributed by atoms with Crippen LogP contribution in [0.2, 0.25) is 0 Å². The molecule has 0 spiro atoms. The summed E-state index contributed by atoms with van der Waals surface area (Å²) in [7, 11) is 0. The van der Waals surface area contributed by atoms with Crippen LogP contribution in [0, 0.1) is 0 Å². The van der Waals surface area contributed by atoms with Gasteiger partial charge in [0.15, 0.2) is 17.3 Å². The molecule has 0 saturated carbocycles. The maximum atomic E-state index is 13.0. The molecule has 1 unspecified atom stereocenters. The number of carbonyl (C=O) groups is 1. The normalized spacial score (nSPS) is 18.3. The molecule has 0 aromatic heterocycles. The Morgan fingerprint density at radius 1 is 1.04 bits per heavy atom. The number of hydrogen-bond acceptors (Lipinski definition) is 4. The van der Waals surface area contributed by atoms with Gasteiger partial charge < -0.3 is 14.8 Å². The number of ether oxygens (including phenoxy) is 2. The van der Waals surface area contributed by atoms with Gasteiger partial charge in [-0.15, -0.1) is 0 Å². The Morgan fingerprint density at radius 3 is 2.65 bits per heavy atom. The van der Waals surface area contributed by atoms with Crippen LogP contribution in [-0.2, 0) is 0 Å². The van der Waals surface area contributed by atoms with Gasteiger partial charge in [-0.3, -0.25) is 4.79 Å². The van der Waals surface area contributed by atoms with E-state index >= 15 is 0 Å². The standard InChI is InChI=1S/C22H25NO3/c1-2-25-19-11-10-17-16-8-3-4-9-18(16)21(24)20(17)22(19)26-14-12-15-7-5-6-13-23-15/h3-4,8-11,15,23H,2,5-7,12-14H2,1H3. The summed E-state index contributed by atoms with van der Waals surface area (Å²) in [5.74, 6) is 1.29. The highest BCUT2D eigenvalue weighted by Crippen LogP contribution is 2.45. The van der Waals surface area contributed by atoms with Crippen LogP contribution in [0.4, 0.5) is 0 Å². The van der Waals surface area contributed by atoms with Crippen LogP contribution in [0.1, 0.15) is 48.5 Å². The van der Waals surface area contributed by atoms with Gasteiger partial charge in [0.2, 0.25) is 0 Å². The highest BCUT2D eigenvalue weighted by atomic mass is 16.5. The summed E-state index contributed by atoms with van der Waals surface area (Å²) < 4.78 is 11.9. The van der Waals surface area contributed by atoms with Crippen LogP contribution in [0.3, 0.4) is 0 Å². The summed E-state index contributed by atoms with van der Waals surface area (Å²) in [5.41, 5.74) is 3.32. The Balaban J connectivity index is 1.61. The fraction of sp³-hybridized carbons (Fsp3) is 0.409. The molecule has 4 heteroatoms. The van der Waals surface area contributed by atoms with Gasteiger partial charge in [0.1, 0.15) is 0 Å². The second-order valence-corrected chi connectivity index (χ2v) is 6.91. The van der Waals surface area contributed by atoms with E-state index < -0.39 is 0 Å². The molecule has 1 aliphatic heterocycles. The van der Waals surface area contributed by atoms with Gasteiger partial charge >= 0.3 is 0 Å². The molecule has 0 radical (unpaired) electrons. The maximum Gasteiger partial charge on any atom is 0.198 e. The molecule has 1 fully saturated rings. The highest BCUT2D eigenvalue weighted by Gasteiger charge is 2.32. The zero-order chi connectivity index (χ0) is 17.9. The number of piperidine rings is 1. The molecule has 2 aromatic carbocycles. The zero-order valence-corrected chi connectivity index (χ0v) is 15.2. The molecule has 1 atom stereocenters. The van der Waals surface area contributed by atoms with Gasteiger partial charge in [0, 0.05) is 11.6 Å². The van der Waals surface area contributed by atoms with Crippen LogP contribution in [0.15, 0.2) is 36.4 Å². The number of ketones is 1. The van der Waals surface area contributed by atoms with Crippen LogP contribution < -0.4 is 14.8 Å². The Morgan fingerprint density at radius 2 is 1.88 bits per heavy atom. The summed E-state index contributed by atoms with van der Waals surface area (Å²) in [4.78, 5) is 13.0. The van der Waals surface area contributed by atoms with E-state index in [1.165, 1.54) is 19.3 Å². The average molecular weight is 351 g/mol. The topological polar surface area (TPSA) is 47.6 Å². The van der Waals surface area contributed by atoms with E-state index in [1.807, 2.05) is 43.3 Å². The molecule has 0 bridgehead atoms. The second-order valence-electron chi connectivity index (χ2n) is 6.91. The van der Waals surface area contributed by atoms with Gasteiger partial charge in [0.05, 0.1) is 18.8 Å². The average Bonchev–Trinajstić information content (AvgIpc) is 2.97. The van der Waals surface area contributed by atoms with Crippen molar-refractivity contribution in [2.45, 2.75) is 38.6 Å². The van der Waals surface area contributed by atoms with E-state index in [4.69, 9.17) is 9.47 Å². The molecule has 1 N–H and O–H groups in total. The van der Waals surface area contributed by atoms with Crippen molar-refractivity contribution in [3.63, 3.8) is 0 Å². The van der Waals surface area contributed by atoms with Gasteiger partial charge in [-0.1, -0.05) is 30.7 Å². The lowest BCUT2D eigenvalue weighted by Gasteiger charge is -2.24. The first-order valence-corrected chi connectivity index (χ1v) is 9.59. The van der Waals surface area contributed by atoms with Crippen LogP contribution >= 0.6 is 0 Å².